The minimum absolute atomic E-state index is 0.0351. The average Bonchev–Trinajstić information content (AvgIpc) is 3.36. The lowest BCUT2D eigenvalue weighted by Crippen LogP contribution is -2.36. The van der Waals surface area contributed by atoms with Gasteiger partial charge in [-0.1, -0.05) is 48.5 Å². The summed E-state index contributed by atoms with van der Waals surface area (Å²) >= 11 is 0. The molecule has 1 aliphatic carbocycles. The van der Waals surface area contributed by atoms with E-state index in [9.17, 15) is 13.2 Å². The van der Waals surface area contributed by atoms with E-state index >= 15 is 0 Å². The van der Waals surface area contributed by atoms with Crippen LogP contribution in [0.5, 0.6) is 0 Å². The molecule has 2 fully saturated rings. The van der Waals surface area contributed by atoms with Crippen molar-refractivity contribution in [2.75, 3.05) is 13.1 Å². The maximum atomic E-state index is 13.0. The van der Waals surface area contributed by atoms with E-state index < -0.39 is 10.0 Å². The van der Waals surface area contributed by atoms with E-state index in [1.165, 1.54) is 4.31 Å². The number of carbonyl (C=O) groups excluding carboxylic acids is 1. The van der Waals surface area contributed by atoms with Crippen LogP contribution in [0.1, 0.15) is 24.3 Å². The minimum Gasteiger partial charge on any atom is -0.353 e. The molecular formula is C20H22N2O3S. The lowest BCUT2D eigenvalue weighted by Gasteiger charge is -2.18. The predicted molar refractivity (Wildman–Crippen MR) is 99.0 cm³/mol. The molecule has 0 radical (unpaired) electrons. The number of carbonyl (C=O) groups is 1. The minimum atomic E-state index is -3.61. The molecule has 2 aromatic rings. The second kappa shape index (κ2) is 6.85. The van der Waals surface area contributed by atoms with Crippen LogP contribution in [0.3, 0.4) is 0 Å². The highest BCUT2D eigenvalue weighted by molar-refractivity contribution is 7.89. The molecule has 1 saturated heterocycles. The normalized spacial score (nSPS) is 23.7. The first-order valence-electron chi connectivity index (χ1n) is 8.96. The fraction of sp³-hybridized carbons (Fsp3) is 0.350. The van der Waals surface area contributed by atoms with E-state index in [1.807, 2.05) is 30.3 Å². The van der Waals surface area contributed by atoms with Crippen LogP contribution in [-0.2, 0) is 14.8 Å². The SMILES string of the molecule is O=C(NC1CC1)C1CN(S(=O)(=O)c2ccccc2)CC1c1ccccc1. The smallest absolute Gasteiger partial charge is 0.243 e. The lowest BCUT2D eigenvalue weighted by molar-refractivity contribution is -0.125. The van der Waals surface area contributed by atoms with Crippen LogP contribution in [-0.4, -0.2) is 37.8 Å². The van der Waals surface area contributed by atoms with Crippen molar-refractivity contribution in [3.05, 3.63) is 66.2 Å². The Bertz CT molecular complexity index is 880. The molecule has 1 amide bonds. The molecule has 1 N–H and O–H groups in total. The number of rotatable bonds is 5. The molecule has 136 valence electrons. The Hall–Kier alpha value is -2.18. The molecule has 1 aliphatic heterocycles. The summed E-state index contributed by atoms with van der Waals surface area (Å²) in [6.45, 7) is 0.541. The zero-order chi connectivity index (χ0) is 18.1. The van der Waals surface area contributed by atoms with Gasteiger partial charge in [0.25, 0.3) is 0 Å². The van der Waals surface area contributed by atoms with Crippen molar-refractivity contribution >= 4 is 15.9 Å². The topological polar surface area (TPSA) is 66.5 Å². The molecule has 6 heteroatoms. The molecule has 4 rings (SSSR count). The lowest BCUT2D eigenvalue weighted by atomic mass is 9.88. The van der Waals surface area contributed by atoms with Crippen LogP contribution in [0.15, 0.2) is 65.6 Å². The van der Waals surface area contributed by atoms with E-state index in [0.29, 0.717) is 6.54 Å². The number of nitrogens with zero attached hydrogens (tertiary/aromatic N) is 1. The van der Waals surface area contributed by atoms with Gasteiger partial charge in [-0.05, 0) is 30.5 Å². The number of nitrogens with one attached hydrogen (secondary N) is 1. The highest BCUT2D eigenvalue weighted by Gasteiger charge is 2.44. The third-order valence-corrected chi connectivity index (χ3v) is 7.00. The summed E-state index contributed by atoms with van der Waals surface area (Å²) in [5.74, 6) is -0.531. The van der Waals surface area contributed by atoms with Crippen molar-refractivity contribution in [3.63, 3.8) is 0 Å². The second-order valence-corrected chi connectivity index (χ2v) is 8.98. The molecule has 2 unspecified atom stereocenters. The van der Waals surface area contributed by atoms with Gasteiger partial charge in [-0.3, -0.25) is 4.79 Å². The number of amides is 1. The summed E-state index contributed by atoms with van der Waals surface area (Å²) in [4.78, 5) is 13.0. The summed E-state index contributed by atoms with van der Waals surface area (Å²) in [6.07, 6.45) is 2.03. The monoisotopic (exact) mass is 370 g/mol. The zero-order valence-corrected chi connectivity index (χ0v) is 15.2. The van der Waals surface area contributed by atoms with Crippen molar-refractivity contribution in [1.29, 1.82) is 0 Å². The molecule has 1 saturated carbocycles. The van der Waals surface area contributed by atoms with Gasteiger partial charge in [-0.25, -0.2) is 8.42 Å². The second-order valence-electron chi connectivity index (χ2n) is 7.04. The Morgan fingerprint density at radius 3 is 2.15 bits per heavy atom. The van der Waals surface area contributed by atoms with Crippen LogP contribution < -0.4 is 5.32 Å². The van der Waals surface area contributed by atoms with Crippen molar-refractivity contribution in [1.82, 2.24) is 9.62 Å². The molecule has 0 aromatic heterocycles. The highest BCUT2D eigenvalue weighted by atomic mass is 32.2. The van der Waals surface area contributed by atoms with Gasteiger partial charge in [0.15, 0.2) is 0 Å². The summed E-state index contributed by atoms with van der Waals surface area (Å²) in [5, 5.41) is 3.05. The van der Waals surface area contributed by atoms with Gasteiger partial charge in [0, 0.05) is 25.0 Å². The number of benzene rings is 2. The van der Waals surface area contributed by atoms with E-state index in [1.54, 1.807) is 30.3 Å². The summed E-state index contributed by atoms with van der Waals surface area (Å²) in [6, 6.07) is 18.4. The molecular weight excluding hydrogens is 348 g/mol. The standard InChI is InChI=1S/C20H22N2O3S/c23-20(21-16-11-12-16)19-14-22(13-18(19)15-7-3-1-4-8-15)26(24,25)17-9-5-2-6-10-17/h1-10,16,18-19H,11-14H2,(H,21,23). The van der Waals surface area contributed by atoms with Crippen LogP contribution in [0.25, 0.3) is 0 Å². The zero-order valence-electron chi connectivity index (χ0n) is 14.4. The van der Waals surface area contributed by atoms with Crippen molar-refractivity contribution < 1.29 is 13.2 Å². The first kappa shape index (κ1) is 17.2. The third-order valence-electron chi connectivity index (χ3n) is 5.16. The summed E-state index contributed by atoms with van der Waals surface area (Å²) < 4.78 is 27.5. The van der Waals surface area contributed by atoms with Gasteiger partial charge in [-0.2, -0.15) is 4.31 Å². The molecule has 2 aromatic carbocycles. The largest absolute Gasteiger partial charge is 0.353 e. The molecule has 0 spiro atoms. The molecule has 26 heavy (non-hydrogen) atoms. The first-order chi connectivity index (χ1) is 12.6. The van der Waals surface area contributed by atoms with Gasteiger partial charge in [-0.15, -0.1) is 0 Å². The first-order valence-corrected chi connectivity index (χ1v) is 10.4. The Morgan fingerprint density at radius 2 is 1.54 bits per heavy atom. The number of hydrogen-bond acceptors (Lipinski definition) is 3. The molecule has 1 heterocycles. The van der Waals surface area contributed by atoms with Crippen LogP contribution in [0.4, 0.5) is 0 Å². The Kier molecular flexibility index (Phi) is 4.54. The predicted octanol–water partition coefficient (Wildman–Crippen LogP) is 2.37. The summed E-state index contributed by atoms with van der Waals surface area (Å²) in [7, 11) is -3.61. The van der Waals surface area contributed by atoms with Gasteiger partial charge in [0.1, 0.15) is 0 Å². The van der Waals surface area contributed by atoms with E-state index in [4.69, 9.17) is 0 Å². The maximum Gasteiger partial charge on any atom is 0.243 e. The Labute approximate surface area is 154 Å². The van der Waals surface area contributed by atoms with E-state index in [-0.39, 0.29) is 35.2 Å². The van der Waals surface area contributed by atoms with Gasteiger partial charge < -0.3 is 5.32 Å². The van der Waals surface area contributed by atoms with Crippen molar-refractivity contribution in [2.24, 2.45) is 5.92 Å². The average molecular weight is 370 g/mol. The third kappa shape index (κ3) is 3.39. The van der Waals surface area contributed by atoms with Crippen molar-refractivity contribution in [2.45, 2.75) is 29.7 Å². The van der Waals surface area contributed by atoms with Gasteiger partial charge in [0.05, 0.1) is 10.8 Å². The van der Waals surface area contributed by atoms with Crippen LogP contribution in [0, 0.1) is 5.92 Å². The Balaban J connectivity index is 1.63. The fourth-order valence-electron chi connectivity index (χ4n) is 3.55. The van der Waals surface area contributed by atoms with Gasteiger partial charge in [0.2, 0.25) is 15.9 Å². The van der Waals surface area contributed by atoms with Crippen LogP contribution >= 0.6 is 0 Å². The fourth-order valence-corrected chi connectivity index (χ4v) is 5.06. The maximum absolute atomic E-state index is 13.0. The van der Waals surface area contributed by atoms with Crippen molar-refractivity contribution in [3.8, 4) is 0 Å². The number of hydrogen-bond donors (Lipinski definition) is 1. The molecule has 2 aliphatic rings. The Morgan fingerprint density at radius 1 is 0.923 bits per heavy atom. The molecule has 5 nitrogen and oxygen atoms in total. The quantitative estimate of drug-likeness (QED) is 0.879. The van der Waals surface area contributed by atoms with E-state index in [2.05, 4.69) is 5.32 Å². The summed E-state index contributed by atoms with van der Waals surface area (Å²) in [5.41, 5.74) is 1.01. The van der Waals surface area contributed by atoms with Gasteiger partial charge >= 0.3 is 0 Å². The van der Waals surface area contributed by atoms with Crippen LogP contribution in [0.2, 0.25) is 0 Å². The highest BCUT2D eigenvalue weighted by Crippen LogP contribution is 2.36. The number of sulfonamides is 1. The molecule has 0 bridgehead atoms. The molecule has 2 atom stereocenters. The van der Waals surface area contributed by atoms with E-state index in [0.717, 1.165) is 18.4 Å².